The number of hydrogen-bond donors (Lipinski definition) is 0. The van der Waals surface area contributed by atoms with Gasteiger partial charge in [0.1, 0.15) is 5.82 Å². The van der Waals surface area contributed by atoms with Crippen LogP contribution in [0.25, 0.3) is 16.7 Å². The molecule has 7 heteroatoms. The second-order valence-electron chi connectivity index (χ2n) is 7.81. The normalized spacial score (nSPS) is 20.0. The van der Waals surface area contributed by atoms with E-state index in [0.717, 1.165) is 19.5 Å². The molecule has 4 rings (SSSR count). The van der Waals surface area contributed by atoms with Crippen molar-refractivity contribution in [2.45, 2.75) is 27.2 Å². The standard InChI is InChI=1S/C21H22ClFN4O/c1-12-8-13(2)11-26(10-12)21(28)17-9-24-20-18(19(17)22)14(3)25-27(20)16-6-4-15(23)5-7-16/h4-7,9,12-13H,8,10-11H2,1-3H3/t12-,13-/m0/s1. The van der Waals surface area contributed by atoms with Gasteiger partial charge in [0.05, 0.1) is 27.4 Å². The van der Waals surface area contributed by atoms with Gasteiger partial charge < -0.3 is 4.90 Å². The number of piperidine rings is 1. The van der Waals surface area contributed by atoms with Gasteiger partial charge in [-0.05, 0) is 49.4 Å². The molecule has 5 nitrogen and oxygen atoms in total. The predicted molar refractivity (Wildman–Crippen MR) is 107 cm³/mol. The van der Waals surface area contributed by atoms with Gasteiger partial charge in [-0.15, -0.1) is 0 Å². The largest absolute Gasteiger partial charge is 0.338 e. The third kappa shape index (κ3) is 3.26. The van der Waals surface area contributed by atoms with Gasteiger partial charge in [0.25, 0.3) is 5.91 Å². The smallest absolute Gasteiger partial charge is 0.256 e. The Morgan fingerprint density at radius 2 is 1.82 bits per heavy atom. The van der Waals surface area contributed by atoms with Crippen LogP contribution in [-0.4, -0.2) is 38.7 Å². The number of nitrogens with zero attached hydrogens (tertiary/aromatic N) is 4. The number of carbonyl (C=O) groups excluding carboxylic acids is 1. The molecule has 1 aliphatic heterocycles. The summed E-state index contributed by atoms with van der Waals surface area (Å²) in [5, 5.41) is 5.53. The van der Waals surface area contributed by atoms with Gasteiger partial charge in [0, 0.05) is 19.3 Å². The highest BCUT2D eigenvalue weighted by molar-refractivity contribution is 6.38. The highest BCUT2D eigenvalue weighted by Gasteiger charge is 2.29. The van der Waals surface area contributed by atoms with E-state index < -0.39 is 0 Å². The van der Waals surface area contributed by atoms with E-state index >= 15 is 0 Å². The van der Waals surface area contributed by atoms with E-state index in [-0.39, 0.29) is 11.7 Å². The molecule has 2 aromatic heterocycles. The molecule has 0 radical (unpaired) electrons. The van der Waals surface area contributed by atoms with Crippen LogP contribution in [0.2, 0.25) is 5.02 Å². The van der Waals surface area contributed by atoms with E-state index in [1.807, 2.05) is 11.8 Å². The first-order chi connectivity index (χ1) is 13.3. The molecule has 2 atom stereocenters. The van der Waals surface area contributed by atoms with Crippen LogP contribution in [0.4, 0.5) is 4.39 Å². The molecule has 1 amide bonds. The van der Waals surface area contributed by atoms with Crippen LogP contribution in [0.1, 0.15) is 36.3 Å². The van der Waals surface area contributed by atoms with Gasteiger partial charge in [-0.1, -0.05) is 25.4 Å². The zero-order valence-corrected chi connectivity index (χ0v) is 16.9. The molecule has 0 bridgehead atoms. The average molecular weight is 401 g/mol. The summed E-state index contributed by atoms with van der Waals surface area (Å²) in [5.41, 5.74) is 2.30. The number of fused-ring (bicyclic) bond motifs is 1. The second-order valence-corrected chi connectivity index (χ2v) is 8.19. The summed E-state index contributed by atoms with van der Waals surface area (Å²) in [4.78, 5) is 19.5. The molecule has 0 unspecified atom stereocenters. The number of aromatic nitrogens is 3. The number of halogens is 2. The number of carbonyl (C=O) groups is 1. The lowest BCUT2D eigenvalue weighted by atomic mass is 9.91. The molecule has 3 heterocycles. The highest BCUT2D eigenvalue weighted by Crippen LogP contribution is 2.32. The van der Waals surface area contributed by atoms with Crippen molar-refractivity contribution in [1.82, 2.24) is 19.7 Å². The maximum atomic E-state index is 13.3. The molecular weight excluding hydrogens is 379 g/mol. The summed E-state index contributed by atoms with van der Waals surface area (Å²) in [6.07, 6.45) is 2.65. The van der Waals surface area contributed by atoms with Gasteiger partial charge in [-0.25, -0.2) is 14.1 Å². The Morgan fingerprint density at radius 1 is 1.18 bits per heavy atom. The number of pyridine rings is 1. The minimum Gasteiger partial charge on any atom is -0.338 e. The van der Waals surface area contributed by atoms with Crippen LogP contribution in [0.15, 0.2) is 30.5 Å². The van der Waals surface area contributed by atoms with E-state index in [2.05, 4.69) is 23.9 Å². The summed E-state index contributed by atoms with van der Waals surface area (Å²) < 4.78 is 14.9. The van der Waals surface area contributed by atoms with Gasteiger partial charge >= 0.3 is 0 Å². The zero-order chi connectivity index (χ0) is 20.0. The maximum absolute atomic E-state index is 13.3. The first kappa shape index (κ1) is 18.9. The van der Waals surface area contributed by atoms with E-state index in [4.69, 9.17) is 11.6 Å². The minimum absolute atomic E-state index is 0.0910. The number of rotatable bonds is 2. The fourth-order valence-corrected chi connectivity index (χ4v) is 4.47. The molecule has 3 aromatic rings. The molecule has 146 valence electrons. The van der Waals surface area contributed by atoms with Crippen LogP contribution < -0.4 is 0 Å². The lowest BCUT2D eigenvalue weighted by Gasteiger charge is -2.35. The monoisotopic (exact) mass is 400 g/mol. The number of amides is 1. The van der Waals surface area contributed by atoms with Crippen molar-refractivity contribution >= 4 is 28.5 Å². The topological polar surface area (TPSA) is 51.0 Å². The van der Waals surface area contributed by atoms with E-state index in [9.17, 15) is 9.18 Å². The minimum atomic E-state index is -0.319. The van der Waals surface area contributed by atoms with Crippen LogP contribution >= 0.6 is 11.6 Å². The zero-order valence-electron chi connectivity index (χ0n) is 16.1. The Kier molecular flexibility index (Phi) is 4.83. The first-order valence-electron chi connectivity index (χ1n) is 9.44. The second kappa shape index (κ2) is 7.17. The predicted octanol–water partition coefficient (Wildman–Crippen LogP) is 4.64. The summed E-state index contributed by atoms with van der Waals surface area (Å²) in [6.45, 7) is 7.61. The Morgan fingerprint density at radius 3 is 2.46 bits per heavy atom. The maximum Gasteiger partial charge on any atom is 0.256 e. The fourth-order valence-electron chi connectivity index (χ4n) is 4.12. The van der Waals surface area contributed by atoms with Crippen molar-refractivity contribution in [3.8, 4) is 5.69 Å². The van der Waals surface area contributed by atoms with Crippen molar-refractivity contribution in [3.63, 3.8) is 0 Å². The molecule has 28 heavy (non-hydrogen) atoms. The van der Waals surface area contributed by atoms with Gasteiger partial charge in [-0.2, -0.15) is 5.10 Å². The van der Waals surface area contributed by atoms with Crippen LogP contribution in [0, 0.1) is 24.6 Å². The molecule has 1 aliphatic rings. The van der Waals surface area contributed by atoms with Crippen molar-refractivity contribution in [2.24, 2.45) is 11.8 Å². The Labute approximate surface area is 168 Å². The number of hydrogen-bond acceptors (Lipinski definition) is 3. The first-order valence-corrected chi connectivity index (χ1v) is 9.82. The Bertz CT molecular complexity index is 1040. The summed E-state index contributed by atoms with van der Waals surface area (Å²) in [6, 6.07) is 6.01. The summed E-state index contributed by atoms with van der Waals surface area (Å²) >= 11 is 6.66. The van der Waals surface area contributed by atoms with Crippen molar-refractivity contribution in [2.75, 3.05) is 13.1 Å². The molecule has 0 N–H and O–H groups in total. The molecule has 0 aliphatic carbocycles. The van der Waals surface area contributed by atoms with Crippen molar-refractivity contribution < 1.29 is 9.18 Å². The number of likely N-dealkylation sites (tertiary alicyclic amines) is 1. The van der Waals surface area contributed by atoms with E-state index in [1.54, 1.807) is 16.8 Å². The third-order valence-corrected chi connectivity index (χ3v) is 5.66. The van der Waals surface area contributed by atoms with Gasteiger partial charge in [0.15, 0.2) is 5.65 Å². The lowest BCUT2D eigenvalue weighted by Crippen LogP contribution is -2.42. The molecular formula is C21H22ClFN4O. The Hall–Kier alpha value is -2.47. The summed E-state index contributed by atoms with van der Waals surface area (Å²) in [7, 11) is 0. The third-order valence-electron chi connectivity index (χ3n) is 5.27. The average Bonchev–Trinajstić information content (AvgIpc) is 2.99. The van der Waals surface area contributed by atoms with Crippen LogP contribution in [-0.2, 0) is 0 Å². The highest BCUT2D eigenvalue weighted by atomic mass is 35.5. The molecule has 1 fully saturated rings. The van der Waals surface area contributed by atoms with Crippen molar-refractivity contribution in [1.29, 1.82) is 0 Å². The fraction of sp³-hybridized carbons (Fsp3) is 0.381. The van der Waals surface area contributed by atoms with Gasteiger partial charge in [0.2, 0.25) is 0 Å². The molecule has 1 saturated heterocycles. The molecule has 0 spiro atoms. The number of benzene rings is 1. The SMILES string of the molecule is Cc1nn(-c2ccc(F)cc2)c2ncc(C(=O)N3C[C@@H](C)C[C@H](C)C3)c(Cl)c12. The van der Waals surface area contributed by atoms with E-state index in [1.165, 1.54) is 18.3 Å². The quantitative estimate of drug-likeness (QED) is 0.629. The van der Waals surface area contributed by atoms with Crippen molar-refractivity contribution in [3.05, 3.63) is 52.6 Å². The Balaban J connectivity index is 1.76. The van der Waals surface area contributed by atoms with Crippen LogP contribution in [0.3, 0.4) is 0 Å². The van der Waals surface area contributed by atoms with Crippen LogP contribution in [0.5, 0.6) is 0 Å². The molecule has 1 aromatic carbocycles. The summed E-state index contributed by atoms with van der Waals surface area (Å²) in [5.74, 6) is 0.518. The number of aryl methyl sites for hydroxylation is 1. The molecule has 0 saturated carbocycles. The van der Waals surface area contributed by atoms with Gasteiger partial charge in [-0.3, -0.25) is 4.79 Å². The lowest BCUT2D eigenvalue weighted by molar-refractivity contribution is 0.0623. The van der Waals surface area contributed by atoms with E-state index in [0.29, 0.717) is 44.8 Å².